The first kappa shape index (κ1) is 14.6. The number of thiophene rings is 1. The third-order valence-electron chi connectivity index (χ3n) is 4.20. The molecule has 3 aromatic heterocycles. The molecule has 0 N–H and O–H groups in total. The molecule has 1 fully saturated rings. The molecule has 0 saturated carbocycles. The van der Waals surface area contributed by atoms with Crippen LogP contribution in [0.2, 0.25) is 0 Å². The fraction of sp³-hybridized carbons (Fsp3) is 0.500. The summed E-state index contributed by atoms with van der Waals surface area (Å²) < 4.78 is 5.54. The molecule has 23 heavy (non-hydrogen) atoms. The van der Waals surface area contributed by atoms with Crippen molar-refractivity contribution < 1.29 is 4.52 Å². The maximum absolute atomic E-state index is 5.54. The summed E-state index contributed by atoms with van der Waals surface area (Å²) in [6.07, 6.45) is 2.10. The van der Waals surface area contributed by atoms with Gasteiger partial charge in [-0.1, -0.05) is 19.0 Å². The zero-order chi connectivity index (χ0) is 16.0. The number of aromatic nitrogens is 4. The van der Waals surface area contributed by atoms with Crippen LogP contribution < -0.4 is 4.90 Å². The molecular formula is C16H19N5OS. The fourth-order valence-corrected chi connectivity index (χ4v) is 3.86. The molecule has 7 heteroatoms. The average molecular weight is 329 g/mol. The Labute approximate surface area is 138 Å². The van der Waals surface area contributed by atoms with Gasteiger partial charge in [0, 0.05) is 12.5 Å². The molecule has 0 spiro atoms. The molecule has 120 valence electrons. The molecule has 1 aliphatic rings. The highest BCUT2D eigenvalue weighted by molar-refractivity contribution is 7.16. The Morgan fingerprint density at radius 2 is 2.17 bits per heavy atom. The highest BCUT2D eigenvalue weighted by atomic mass is 32.1. The molecule has 4 heterocycles. The predicted octanol–water partition coefficient (Wildman–Crippen LogP) is 3.85. The first-order valence-electron chi connectivity index (χ1n) is 7.95. The first-order valence-corrected chi connectivity index (χ1v) is 8.83. The topological polar surface area (TPSA) is 67.9 Å². The number of nitrogens with zero attached hydrogens (tertiary/aromatic N) is 5. The first-order chi connectivity index (χ1) is 11.1. The van der Waals surface area contributed by atoms with E-state index in [2.05, 4.69) is 45.3 Å². The van der Waals surface area contributed by atoms with Crippen molar-refractivity contribution in [1.82, 2.24) is 20.1 Å². The monoisotopic (exact) mass is 329 g/mol. The van der Waals surface area contributed by atoms with Crippen LogP contribution in [0.1, 0.15) is 56.2 Å². The highest BCUT2D eigenvalue weighted by Crippen LogP contribution is 2.38. The van der Waals surface area contributed by atoms with Crippen LogP contribution in [0, 0.1) is 6.92 Å². The molecule has 0 radical (unpaired) electrons. The van der Waals surface area contributed by atoms with Gasteiger partial charge < -0.3 is 9.42 Å². The molecular weight excluding hydrogens is 310 g/mol. The number of aryl methyl sites for hydroxylation is 1. The van der Waals surface area contributed by atoms with E-state index in [0.717, 1.165) is 47.1 Å². The minimum absolute atomic E-state index is 0.104. The third kappa shape index (κ3) is 2.49. The van der Waals surface area contributed by atoms with E-state index in [1.165, 1.54) is 0 Å². The summed E-state index contributed by atoms with van der Waals surface area (Å²) in [6.45, 7) is 7.04. The van der Waals surface area contributed by atoms with Crippen molar-refractivity contribution in [2.24, 2.45) is 0 Å². The van der Waals surface area contributed by atoms with E-state index in [0.29, 0.717) is 5.89 Å². The Hall–Kier alpha value is -2.02. The second kappa shape index (κ2) is 5.56. The van der Waals surface area contributed by atoms with Crippen LogP contribution in [0.4, 0.5) is 5.82 Å². The molecule has 1 aliphatic heterocycles. The summed E-state index contributed by atoms with van der Waals surface area (Å²) in [5, 5.41) is 7.29. The zero-order valence-electron chi connectivity index (χ0n) is 13.5. The zero-order valence-corrected chi connectivity index (χ0v) is 14.3. The van der Waals surface area contributed by atoms with Crippen molar-refractivity contribution in [3.63, 3.8) is 0 Å². The Morgan fingerprint density at radius 3 is 2.96 bits per heavy atom. The van der Waals surface area contributed by atoms with Gasteiger partial charge in [-0.05, 0) is 31.2 Å². The second-order valence-corrected chi connectivity index (χ2v) is 7.13. The summed E-state index contributed by atoms with van der Waals surface area (Å²) in [5.41, 5.74) is 0. The molecule has 0 aromatic carbocycles. The maximum atomic E-state index is 5.54. The van der Waals surface area contributed by atoms with Crippen molar-refractivity contribution in [3.05, 3.63) is 29.0 Å². The van der Waals surface area contributed by atoms with E-state index >= 15 is 0 Å². The Kier molecular flexibility index (Phi) is 3.52. The lowest BCUT2D eigenvalue weighted by Gasteiger charge is -2.23. The van der Waals surface area contributed by atoms with Gasteiger partial charge in [0.2, 0.25) is 5.89 Å². The predicted molar refractivity (Wildman–Crippen MR) is 89.9 cm³/mol. The van der Waals surface area contributed by atoms with E-state index in [1.54, 1.807) is 11.3 Å². The summed E-state index contributed by atoms with van der Waals surface area (Å²) in [5.74, 6) is 3.53. The van der Waals surface area contributed by atoms with E-state index in [9.17, 15) is 0 Å². The van der Waals surface area contributed by atoms with Gasteiger partial charge in [-0.2, -0.15) is 4.98 Å². The number of hydrogen-bond acceptors (Lipinski definition) is 7. The van der Waals surface area contributed by atoms with Crippen LogP contribution in [0.15, 0.2) is 16.0 Å². The van der Waals surface area contributed by atoms with Crippen LogP contribution in [0.25, 0.3) is 10.2 Å². The number of fused-ring (bicyclic) bond motifs is 1. The van der Waals surface area contributed by atoms with Crippen LogP contribution in [-0.4, -0.2) is 26.7 Å². The highest BCUT2D eigenvalue weighted by Gasteiger charge is 2.33. The second-order valence-electron chi connectivity index (χ2n) is 6.23. The van der Waals surface area contributed by atoms with Crippen molar-refractivity contribution in [3.8, 4) is 0 Å². The maximum Gasteiger partial charge on any atom is 0.249 e. The van der Waals surface area contributed by atoms with Crippen LogP contribution in [0.5, 0.6) is 0 Å². The normalized spacial score (nSPS) is 18.4. The Morgan fingerprint density at radius 1 is 1.30 bits per heavy atom. The SMILES string of the molecule is Cc1nc(N2CCCC2c2nc(C(C)C)no2)c2ccsc2n1. The number of hydrogen-bond donors (Lipinski definition) is 0. The molecule has 0 bridgehead atoms. The number of anilines is 1. The molecule has 1 unspecified atom stereocenters. The molecule has 1 saturated heterocycles. The third-order valence-corrected chi connectivity index (χ3v) is 5.01. The van der Waals surface area contributed by atoms with Crippen molar-refractivity contribution in [2.45, 2.75) is 45.6 Å². The van der Waals surface area contributed by atoms with Crippen LogP contribution in [-0.2, 0) is 0 Å². The van der Waals surface area contributed by atoms with Crippen molar-refractivity contribution in [1.29, 1.82) is 0 Å². The quantitative estimate of drug-likeness (QED) is 0.727. The molecule has 0 amide bonds. The van der Waals surface area contributed by atoms with Gasteiger partial charge in [-0.25, -0.2) is 9.97 Å². The molecule has 0 aliphatic carbocycles. The summed E-state index contributed by atoms with van der Waals surface area (Å²) in [6, 6.07) is 2.20. The summed E-state index contributed by atoms with van der Waals surface area (Å²) in [7, 11) is 0. The lowest BCUT2D eigenvalue weighted by Crippen LogP contribution is -2.24. The van der Waals surface area contributed by atoms with Crippen LogP contribution in [0.3, 0.4) is 0 Å². The molecule has 1 atom stereocenters. The van der Waals surface area contributed by atoms with Gasteiger partial charge in [-0.15, -0.1) is 11.3 Å². The van der Waals surface area contributed by atoms with Gasteiger partial charge in [0.15, 0.2) is 5.82 Å². The average Bonchev–Trinajstić information content (AvgIpc) is 3.25. The Bertz CT molecular complexity index is 840. The number of rotatable bonds is 3. The summed E-state index contributed by atoms with van der Waals surface area (Å²) >= 11 is 1.65. The van der Waals surface area contributed by atoms with E-state index in [1.807, 2.05) is 6.92 Å². The molecule has 3 aromatic rings. The Balaban J connectivity index is 1.75. The van der Waals surface area contributed by atoms with Crippen molar-refractivity contribution in [2.75, 3.05) is 11.4 Å². The summed E-state index contributed by atoms with van der Waals surface area (Å²) in [4.78, 5) is 17.2. The van der Waals surface area contributed by atoms with Crippen molar-refractivity contribution >= 4 is 27.4 Å². The molecule has 6 nitrogen and oxygen atoms in total. The van der Waals surface area contributed by atoms with E-state index in [4.69, 9.17) is 9.51 Å². The van der Waals surface area contributed by atoms with E-state index < -0.39 is 0 Å². The van der Waals surface area contributed by atoms with Gasteiger partial charge in [-0.3, -0.25) is 0 Å². The van der Waals surface area contributed by atoms with Crippen LogP contribution >= 0.6 is 11.3 Å². The minimum Gasteiger partial charge on any atom is -0.344 e. The van der Waals surface area contributed by atoms with E-state index in [-0.39, 0.29) is 12.0 Å². The smallest absolute Gasteiger partial charge is 0.249 e. The molecule has 4 rings (SSSR count). The van der Waals surface area contributed by atoms with Gasteiger partial charge in [0.05, 0.1) is 5.39 Å². The fourth-order valence-electron chi connectivity index (χ4n) is 3.06. The lowest BCUT2D eigenvalue weighted by molar-refractivity contribution is 0.349. The standard InChI is InChI=1S/C16H19N5OS/c1-9(2)13-19-15(22-20-13)12-5-4-7-21(12)14-11-6-8-23-16(11)18-10(3)17-14/h6,8-9,12H,4-5,7H2,1-3H3. The lowest BCUT2D eigenvalue weighted by atomic mass is 10.2. The minimum atomic E-state index is 0.104. The van der Waals surface area contributed by atoms with Gasteiger partial charge >= 0.3 is 0 Å². The van der Waals surface area contributed by atoms with Gasteiger partial charge in [0.1, 0.15) is 22.5 Å². The largest absolute Gasteiger partial charge is 0.344 e. The van der Waals surface area contributed by atoms with Gasteiger partial charge in [0.25, 0.3) is 0 Å².